The van der Waals surface area contributed by atoms with Crippen LogP contribution in [0.25, 0.3) is 33.4 Å². The van der Waals surface area contributed by atoms with E-state index < -0.39 is 7.12 Å². The van der Waals surface area contributed by atoms with Crippen molar-refractivity contribution in [1.29, 1.82) is 0 Å². The van der Waals surface area contributed by atoms with Crippen LogP contribution < -0.4 is 5.46 Å². The molecule has 0 aliphatic carbocycles. The summed E-state index contributed by atoms with van der Waals surface area (Å²) < 4.78 is 0.982. The van der Waals surface area contributed by atoms with Crippen molar-refractivity contribution in [3.8, 4) is 44.9 Å². The summed E-state index contributed by atoms with van der Waals surface area (Å²) in [5.74, 6) is 0.598. The maximum atomic E-state index is 9.36. The lowest BCUT2D eigenvalue weighted by Crippen LogP contribution is -2.29. The molecule has 4 nitrogen and oxygen atoms in total. The first-order valence-corrected chi connectivity index (χ1v) is 17.0. The lowest BCUT2D eigenvalue weighted by molar-refractivity contribution is 0.426. The first-order valence-electron chi connectivity index (χ1n) is 16.2. The minimum Gasteiger partial charge on any atom is -0.508 e. The summed E-state index contributed by atoms with van der Waals surface area (Å²) in [4.78, 5) is 0. The molecular formula is C42H42BBrO4. The van der Waals surface area contributed by atoms with E-state index in [1.807, 2.05) is 24.3 Å². The Morgan fingerprint density at radius 2 is 0.688 bits per heavy atom. The predicted molar refractivity (Wildman–Crippen MR) is 204 cm³/mol. The second-order valence-corrected chi connectivity index (χ2v) is 12.4. The van der Waals surface area contributed by atoms with Gasteiger partial charge < -0.3 is 20.3 Å². The third-order valence-electron chi connectivity index (χ3n) is 7.77. The maximum Gasteiger partial charge on any atom is 0.488 e. The number of benzene rings is 6. The highest BCUT2D eigenvalue weighted by Gasteiger charge is 2.10. The number of rotatable bonds is 8. The van der Waals surface area contributed by atoms with Crippen LogP contribution in [0, 0.1) is 0 Å². The Hall–Kier alpha value is -4.62. The van der Waals surface area contributed by atoms with E-state index in [0.717, 1.165) is 46.0 Å². The smallest absolute Gasteiger partial charge is 0.488 e. The minimum absolute atomic E-state index is 0.299. The summed E-state index contributed by atoms with van der Waals surface area (Å²) in [6, 6.07) is 47.3. The maximum absolute atomic E-state index is 9.36. The molecule has 0 saturated carbocycles. The van der Waals surface area contributed by atoms with Crippen LogP contribution in [0.3, 0.4) is 0 Å². The fourth-order valence-electron chi connectivity index (χ4n) is 5.10. The van der Waals surface area contributed by atoms with Crippen LogP contribution in [-0.4, -0.2) is 27.4 Å². The molecule has 0 saturated heterocycles. The minimum atomic E-state index is -1.40. The molecule has 0 fully saturated rings. The van der Waals surface area contributed by atoms with Crippen LogP contribution in [0.1, 0.15) is 37.8 Å². The fourth-order valence-corrected chi connectivity index (χ4v) is 5.37. The average Bonchev–Trinajstić information content (AvgIpc) is 3.12. The Kier molecular flexibility index (Phi) is 14.1. The van der Waals surface area contributed by atoms with Gasteiger partial charge in [0.1, 0.15) is 11.5 Å². The molecule has 6 heteroatoms. The van der Waals surface area contributed by atoms with Crippen LogP contribution in [0.5, 0.6) is 11.5 Å². The zero-order chi connectivity index (χ0) is 34.3. The van der Waals surface area contributed by atoms with Crippen molar-refractivity contribution in [2.75, 3.05) is 0 Å². The van der Waals surface area contributed by atoms with E-state index in [-0.39, 0.29) is 0 Å². The van der Waals surface area contributed by atoms with Crippen LogP contribution in [0.2, 0.25) is 0 Å². The average molecular weight is 702 g/mol. The molecule has 6 rings (SSSR count). The Morgan fingerprint density at radius 1 is 0.417 bits per heavy atom. The summed E-state index contributed by atoms with van der Waals surface area (Å²) in [6.07, 6.45) is 4.58. The highest BCUT2D eigenvalue weighted by molar-refractivity contribution is 9.10. The third-order valence-corrected chi connectivity index (χ3v) is 8.30. The Labute approximate surface area is 293 Å². The van der Waals surface area contributed by atoms with Crippen LogP contribution >= 0.6 is 15.9 Å². The number of hydrogen-bond donors (Lipinski definition) is 4. The second-order valence-electron chi connectivity index (χ2n) is 11.5. The monoisotopic (exact) mass is 700 g/mol. The molecule has 48 heavy (non-hydrogen) atoms. The molecule has 0 atom stereocenters. The second kappa shape index (κ2) is 18.7. The van der Waals surface area contributed by atoms with Crippen LogP contribution in [0.15, 0.2) is 150 Å². The molecule has 0 aliphatic rings. The number of phenols is 2. The largest absolute Gasteiger partial charge is 0.508 e. The number of aryl methyl sites for hydroxylation is 2. The quantitative estimate of drug-likeness (QED) is 0.119. The molecule has 0 unspecified atom stereocenters. The topological polar surface area (TPSA) is 80.9 Å². The molecular weight excluding hydrogens is 659 g/mol. The highest BCUT2D eigenvalue weighted by atomic mass is 79.9. The molecule has 0 bridgehead atoms. The van der Waals surface area contributed by atoms with E-state index in [4.69, 9.17) is 15.2 Å². The van der Waals surface area contributed by atoms with Crippen molar-refractivity contribution < 1.29 is 20.3 Å². The van der Waals surface area contributed by atoms with Gasteiger partial charge in [0.25, 0.3) is 0 Å². The van der Waals surface area contributed by atoms with Crippen molar-refractivity contribution >= 4 is 28.5 Å². The molecule has 0 aromatic heterocycles. The predicted octanol–water partition coefficient (Wildman–Crippen LogP) is 9.82. The zero-order valence-corrected chi connectivity index (χ0v) is 29.0. The van der Waals surface area contributed by atoms with Gasteiger partial charge in [-0.3, -0.25) is 0 Å². The van der Waals surface area contributed by atoms with E-state index in [1.165, 1.54) is 28.7 Å². The first kappa shape index (κ1) is 36.2. The lowest BCUT2D eigenvalue weighted by Gasteiger charge is -2.06. The van der Waals surface area contributed by atoms with Gasteiger partial charge in [-0.25, -0.2) is 0 Å². The Morgan fingerprint density at radius 3 is 0.979 bits per heavy atom. The van der Waals surface area contributed by atoms with Crippen molar-refractivity contribution in [3.05, 3.63) is 161 Å². The SMILES string of the molecule is CCCc1ccc(-c2ccc(-c3ccc(O)cc3)cc2)cc1.CCCc1ccc(-c2ccc(B(O)O)cc2)cc1.Oc1ccc(Br)cc1. The zero-order valence-electron chi connectivity index (χ0n) is 27.4. The summed E-state index contributed by atoms with van der Waals surface area (Å²) in [7, 11) is -1.40. The molecule has 4 N–H and O–H groups in total. The van der Waals surface area contributed by atoms with Gasteiger partial charge >= 0.3 is 7.12 Å². The summed E-state index contributed by atoms with van der Waals surface area (Å²) in [6.45, 7) is 4.38. The van der Waals surface area contributed by atoms with E-state index >= 15 is 0 Å². The third kappa shape index (κ3) is 11.3. The van der Waals surface area contributed by atoms with Gasteiger partial charge in [0.15, 0.2) is 0 Å². The van der Waals surface area contributed by atoms with Gasteiger partial charge in [0.2, 0.25) is 0 Å². The first-order chi connectivity index (χ1) is 23.2. The highest BCUT2D eigenvalue weighted by Crippen LogP contribution is 2.26. The lowest BCUT2D eigenvalue weighted by atomic mass is 9.80. The van der Waals surface area contributed by atoms with Gasteiger partial charge in [0.05, 0.1) is 0 Å². The molecule has 0 spiro atoms. The van der Waals surface area contributed by atoms with Crippen molar-refractivity contribution in [2.45, 2.75) is 39.5 Å². The van der Waals surface area contributed by atoms with Crippen molar-refractivity contribution in [2.24, 2.45) is 0 Å². The summed E-state index contributed by atoms with van der Waals surface area (Å²) >= 11 is 3.23. The number of aromatic hydroxyl groups is 2. The molecule has 244 valence electrons. The summed E-state index contributed by atoms with van der Waals surface area (Å²) in [5, 5.41) is 36.2. The Bertz CT molecular complexity index is 1760. The molecule has 6 aromatic rings. The standard InChI is InChI=1S/C21H20O.C15H17BO2.C6H5BrO/c1-2-3-16-4-6-17(7-5-16)18-8-10-19(11-9-18)20-12-14-21(22)15-13-20;1-2-3-12-4-6-13(7-5-12)14-8-10-15(11-9-14)16(17)18;7-5-1-3-6(8)4-2-5/h4-15,22H,2-3H2,1H3;4-11,17-18H,2-3H2,1H3;1-4,8H. The number of halogens is 1. The van der Waals surface area contributed by atoms with Gasteiger partial charge in [0, 0.05) is 4.47 Å². The number of hydrogen-bond acceptors (Lipinski definition) is 4. The fraction of sp³-hybridized carbons (Fsp3) is 0.143. The number of phenolic OH excluding ortho intramolecular Hbond substituents is 2. The van der Waals surface area contributed by atoms with E-state index in [0.29, 0.717) is 17.0 Å². The van der Waals surface area contributed by atoms with Crippen molar-refractivity contribution in [3.63, 3.8) is 0 Å². The van der Waals surface area contributed by atoms with Gasteiger partial charge in [-0.15, -0.1) is 0 Å². The van der Waals surface area contributed by atoms with Gasteiger partial charge in [-0.2, -0.15) is 0 Å². The van der Waals surface area contributed by atoms with Crippen LogP contribution in [-0.2, 0) is 12.8 Å². The summed E-state index contributed by atoms with van der Waals surface area (Å²) in [5.41, 5.74) is 10.2. The Balaban J connectivity index is 0.000000179. The molecule has 0 aliphatic heterocycles. The van der Waals surface area contributed by atoms with E-state index in [9.17, 15) is 5.11 Å². The van der Waals surface area contributed by atoms with E-state index in [2.05, 4.69) is 103 Å². The van der Waals surface area contributed by atoms with Crippen LogP contribution in [0.4, 0.5) is 0 Å². The molecule has 0 heterocycles. The van der Waals surface area contributed by atoms with Gasteiger partial charge in [-0.05, 0) is 99.2 Å². The molecule has 0 amide bonds. The molecule has 6 aromatic carbocycles. The van der Waals surface area contributed by atoms with Gasteiger partial charge in [-0.1, -0.05) is 152 Å². The van der Waals surface area contributed by atoms with E-state index in [1.54, 1.807) is 48.5 Å². The normalized spacial score (nSPS) is 10.3. The molecule has 0 radical (unpaired) electrons. The van der Waals surface area contributed by atoms with Crippen molar-refractivity contribution in [1.82, 2.24) is 0 Å².